The van der Waals surface area contributed by atoms with Crippen LogP contribution < -0.4 is 0 Å². The zero-order chi connectivity index (χ0) is 59.5. The summed E-state index contributed by atoms with van der Waals surface area (Å²) in [4.78, 5) is 108. The fourth-order valence-electron chi connectivity index (χ4n) is 20.3. The van der Waals surface area contributed by atoms with Gasteiger partial charge >= 0.3 is 45.1 Å². The van der Waals surface area contributed by atoms with Crippen molar-refractivity contribution in [2.45, 2.75) is 204 Å². The van der Waals surface area contributed by atoms with Crippen molar-refractivity contribution < 1.29 is 76.3 Å². The SMILES string of the molecule is CC1(OC(=O)SCCC(=O)OCC(COC(=O)CCSC(=O)OC2(C)C3CC4CC(C3)CC2C4)(COC(=O)CCSC(=O)OC2(C)C3CC4CC(C3)CC2C4)COC(=O)CCSC(=O)OC2(C)C3CC4CC(C3)CC2C4)C2CC3CC(C2)CC1C3. The van der Waals surface area contributed by atoms with Gasteiger partial charge in [-0.3, -0.25) is 19.2 Å². The van der Waals surface area contributed by atoms with Gasteiger partial charge in [0.1, 0.15) is 54.2 Å². The summed E-state index contributed by atoms with van der Waals surface area (Å²) in [5, 5.41) is -1.73. The summed E-state index contributed by atoms with van der Waals surface area (Å²) >= 11 is 3.69. The Hall–Kier alpha value is -2.84. The molecule has 16 aliphatic rings. The molecule has 85 heavy (non-hydrogen) atoms. The Balaban J connectivity index is 0.671. The first-order chi connectivity index (χ1) is 40.6. The Morgan fingerprint density at radius 2 is 0.459 bits per heavy atom. The number of hydrogen-bond donors (Lipinski definition) is 0. The molecule has 20 heteroatoms. The molecule has 0 aliphatic heterocycles. The van der Waals surface area contributed by atoms with E-state index in [9.17, 15) is 38.4 Å². The molecule has 16 fully saturated rings. The van der Waals surface area contributed by atoms with E-state index in [2.05, 4.69) is 27.7 Å². The first kappa shape index (κ1) is 62.4. The van der Waals surface area contributed by atoms with Crippen LogP contribution in [0.3, 0.4) is 0 Å². The summed E-state index contributed by atoms with van der Waals surface area (Å²) < 4.78 is 48.3. The fourth-order valence-corrected chi connectivity index (χ4v) is 23.0. The first-order valence-electron chi connectivity index (χ1n) is 32.7. The van der Waals surface area contributed by atoms with E-state index in [-0.39, 0.29) is 48.7 Å². The maximum atomic E-state index is 13.6. The number of rotatable bonds is 24. The van der Waals surface area contributed by atoms with Crippen molar-refractivity contribution in [3.8, 4) is 0 Å². The minimum Gasteiger partial charge on any atom is -0.465 e. The van der Waals surface area contributed by atoms with E-state index in [0.29, 0.717) is 94.7 Å². The van der Waals surface area contributed by atoms with E-state index >= 15 is 0 Å². The maximum Gasteiger partial charge on any atom is 0.367 e. The molecule has 0 N–H and O–H groups in total. The largest absolute Gasteiger partial charge is 0.465 e. The molecule has 472 valence electrons. The molecule has 0 spiro atoms. The van der Waals surface area contributed by atoms with Gasteiger partial charge in [0.25, 0.3) is 0 Å². The highest BCUT2D eigenvalue weighted by Gasteiger charge is 2.61. The van der Waals surface area contributed by atoms with Gasteiger partial charge in [0.2, 0.25) is 0 Å². The third kappa shape index (κ3) is 13.6. The highest BCUT2D eigenvalue weighted by atomic mass is 32.2. The number of esters is 4. The van der Waals surface area contributed by atoms with Crippen molar-refractivity contribution >= 4 is 92.1 Å². The average Bonchev–Trinajstić information content (AvgIpc) is 1.06. The Morgan fingerprint density at radius 1 is 0.294 bits per heavy atom. The van der Waals surface area contributed by atoms with Gasteiger partial charge in [0.05, 0.1) is 25.7 Å². The molecule has 0 heterocycles. The van der Waals surface area contributed by atoms with Crippen molar-refractivity contribution in [3.63, 3.8) is 0 Å². The van der Waals surface area contributed by atoms with E-state index in [1.165, 1.54) is 25.7 Å². The lowest BCUT2D eigenvalue weighted by Crippen LogP contribution is -2.57. The van der Waals surface area contributed by atoms with Crippen LogP contribution in [0.5, 0.6) is 0 Å². The van der Waals surface area contributed by atoms with E-state index in [1.54, 1.807) is 0 Å². The number of ether oxygens (including phenoxy) is 8. The van der Waals surface area contributed by atoms with Crippen LogP contribution in [0.15, 0.2) is 0 Å². The van der Waals surface area contributed by atoms with Crippen molar-refractivity contribution in [2.24, 2.45) is 100 Å². The molecule has 0 amide bonds. The molecule has 0 atom stereocenters. The second-order valence-corrected chi connectivity index (χ2v) is 34.0. The lowest BCUT2D eigenvalue weighted by atomic mass is 9.50. The number of thioether (sulfide) groups is 4. The summed E-state index contributed by atoms with van der Waals surface area (Å²) in [5.41, 5.74) is -3.73. The summed E-state index contributed by atoms with van der Waals surface area (Å²) in [6.07, 6.45) is 21.6. The lowest BCUT2D eigenvalue weighted by Gasteiger charge is -2.58. The van der Waals surface area contributed by atoms with Crippen LogP contribution >= 0.6 is 47.0 Å². The Bertz CT molecular complexity index is 2100. The number of carbonyl (C=O) groups excluding carboxylic acids is 8. The predicted molar refractivity (Wildman–Crippen MR) is 322 cm³/mol. The molecule has 0 aromatic carbocycles. The van der Waals surface area contributed by atoms with Crippen molar-refractivity contribution in [1.82, 2.24) is 0 Å². The molecule has 16 saturated carbocycles. The van der Waals surface area contributed by atoms with Crippen molar-refractivity contribution in [1.29, 1.82) is 0 Å². The predicted octanol–water partition coefficient (Wildman–Crippen LogP) is 14.0. The van der Waals surface area contributed by atoms with Crippen LogP contribution in [0.2, 0.25) is 0 Å². The van der Waals surface area contributed by atoms with Gasteiger partial charge in [-0.2, -0.15) is 0 Å². The van der Waals surface area contributed by atoms with Crippen LogP contribution in [0.4, 0.5) is 19.2 Å². The molecule has 0 aromatic heterocycles. The van der Waals surface area contributed by atoms with Crippen LogP contribution in [0.25, 0.3) is 0 Å². The highest BCUT2D eigenvalue weighted by molar-refractivity contribution is 8.14. The lowest BCUT2D eigenvalue weighted by molar-refractivity contribution is -0.170. The van der Waals surface area contributed by atoms with Gasteiger partial charge < -0.3 is 37.9 Å². The normalized spacial score (nSPS) is 41.2. The van der Waals surface area contributed by atoms with E-state index in [4.69, 9.17) is 37.9 Å². The van der Waals surface area contributed by atoms with Gasteiger partial charge in [-0.25, -0.2) is 19.2 Å². The monoisotopic (exact) mass is 1260 g/mol. The van der Waals surface area contributed by atoms with Crippen molar-refractivity contribution in [2.75, 3.05) is 49.4 Å². The summed E-state index contributed by atoms with van der Waals surface area (Å²) in [6.45, 7) is 6.21. The van der Waals surface area contributed by atoms with Crippen LogP contribution in [0.1, 0.15) is 182 Å². The molecule has 16 aliphatic carbocycles. The zero-order valence-corrected chi connectivity index (χ0v) is 53.8. The molecule has 16 bridgehead atoms. The third-order valence-electron chi connectivity index (χ3n) is 24.5. The quantitative estimate of drug-likeness (QED) is 0.0649. The summed E-state index contributed by atoms with van der Waals surface area (Å²) in [6, 6.07) is 0. The van der Waals surface area contributed by atoms with Crippen molar-refractivity contribution in [3.05, 3.63) is 0 Å². The molecular weight excluding hydrogens is 1160 g/mol. The highest BCUT2D eigenvalue weighted by Crippen LogP contribution is 2.63. The molecule has 0 aromatic rings. The molecule has 0 unspecified atom stereocenters. The average molecular weight is 1260 g/mol. The first-order valence-corrected chi connectivity index (χ1v) is 36.6. The van der Waals surface area contributed by atoms with Crippen LogP contribution in [-0.4, -0.2) is 117 Å². The molecule has 0 saturated heterocycles. The number of hydrogen-bond acceptors (Lipinski definition) is 20. The summed E-state index contributed by atoms with van der Waals surface area (Å²) in [5.74, 6) is 5.88. The third-order valence-corrected chi connectivity index (χ3v) is 27.4. The van der Waals surface area contributed by atoms with E-state index < -0.39 is 99.3 Å². The van der Waals surface area contributed by atoms with Gasteiger partial charge in [0, 0.05) is 23.0 Å². The van der Waals surface area contributed by atoms with E-state index in [1.807, 2.05) is 0 Å². The second-order valence-electron chi connectivity index (χ2n) is 29.9. The van der Waals surface area contributed by atoms with E-state index in [0.717, 1.165) is 150 Å². The summed E-state index contributed by atoms with van der Waals surface area (Å²) in [7, 11) is 0. The topological polar surface area (TPSA) is 210 Å². The minimum atomic E-state index is -1.63. The Kier molecular flexibility index (Phi) is 18.7. The minimum absolute atomic E-state index is 0.0745. The van der Waals surface area contributed by atoms with Crippen LogP contribution in [-0.2, 0) is 57.1 Å². The van der Waals surface area contributed by atoms with Gasteiger partial charge in [-0.05, 0) is 298 Å². The fraction of sp³-hybridized carbons (Fsp3) is 0.877. The molecular formula is C65H92O16S4. The maximum absolute atomic E-state index is 13.6. The molecule has 0 radical (unpaired) electrons. The molecule has 16 nitrogen and oxygen atoms in total. The zero-order valence-electron chi connectivity index (χ0n) is 50.5. The van der Waals surface area contributed by atoms with Gasteiger partial charge in [-0.1, -0.05) is 0 Å². The Morgan fingerprint density at radius 3 is 0.624 bits per heavy atom. The van der Waals surface area contributed by atoms with Gasteiger partial charge in [0.15, 0.2) is 0 Å². The number of carbonyl (C=O) groups is 8. The standard InChI is InChI=1S/C65H92O16S4/c1-61(45-17-37-13-38(19-45)20-46(61)18-37)78-57(70)82-9-5-53(66)74-33-65(34-75-54(67)6-10-83-58(71)79-62(2)47-21-39-14-40(23-47)24-48(62)22-39,35-76-55(68)7-11-84-59(72)80-63(3)49-25-41-15-42(27-49)28-50(63)26-41)36-77-56(69)8-12-85-60(73)81-64(4)51-29-43-16-44(31-51)32-52(64)30-43/h37-52H,5-36H2,1-4H3. The second kappa shape index (κ2) is 25.4. The molecule has 16 rings (SSSR count). The Labute approximate surface area is 519 Å². The van der Waals surface area contributed by atoms with Gasteiger partial charge in [-0.15, -0.1) is 0 Å². The smallest absolute Gasteiger partial charge is 0.367 e. The van der Waals surface area contributed by atoms with Crippen LogP contribution in [0, 0.1) is 100 Å².